The Hall–Kier alpha value is -0.790. The van der Waals surface area contributed by atoms with Gasteiger partial charge in [-0.1, -0.05) is 96.8 Å². The van der Waals surface area contributed by atoms with Gasteiger partial charge in [-0.3, -0.25) is 0 Å². The van der Waals surface area contributed by atoms with Crippen molar-refractivity contribution in [2.75, 3.05) is 0 Å². The van der Waals surface area contributed by atoms with Gasteiger partial charge in [0.2, 0.25) is 0 Å². The Morgan fingerprint density at radius 1 is 0.682 bits per heavy atom. The second-order valence-electron chi connectivity index (χ2n) is 6.74. The number of aromatic nitrogens is 2. The fourth-order valence-corrected chi connectivity index (χ4v) is 3.10. The van der Waals surface area contributed by atoms with Gasteiger partial charge in [-0.25, -0.2) is 4.98 Å². The molecular formula is C20H38N2. The van der Waals surface area contributed by atoms with Gasteiger partial charge in [-0.15, -0.1) is 0 Å². The summed E-state index contributed by atoms with van der Waals surface area (Å²) in [5.41, 5.74) is 0. The highest BCUT2D eigenvalue weighted by atomic mass is 14.9. The molecule has 0 atom stereocenters. The number of aromatic amines is 1. The number of unbranched alkanes of at least 4 members (excludes halogenated alkanes) is 14. The standard InChI is InChI=1S/C20H38N2/c1-2-3-4-5-6-7-8-9-10-11-12-13-14-15-16-17-20-21-18-19-22-20/h18-19H,2-17H2,1H3,(H,21,22). The van der Waals surface area contributed by atoms with Crippen molar-refractivity contribution >= 4 is 0 Å². The van der Waals surface area contributed by atoms with Crippen molar-refractivity contribution in [1.29, 1.82) is 0 Å². The van der Waals surface area contributed by atoms with Crippen molar-refractivity contribution in [3.63, 3.8) is 0 Å². The molecule has 128 valence electrons. The minimum absolute atomic E-state index is 1.12. The van der Waals surface area contributed by atoms with Crippen molar-refractivity contribution in [2.24, 2.45) is 0 Å². The molecule has 1 aromatic heterocycles. The van der Waals surface area contributed by atoms with Gasteiger partial charge in [0.1, 0.15) is 5.82 Å². The summed E-state index contributed by atoms with van der Waals surface area (Å²) in [6.07, 6.45) is 26.3. The van der Waals surface area contributed by atoms with E-state index >= 15 is 0 Å². The largest absolute Gasteiger partial charge is 0.349 e. The molecule has 1 rings (SSSR count). The van der Waals surface area contributed by atoms with Crippen LogP contribution in [0.3, 0.4) is 0 Å². The number of nitrogens with zero attached hydrogens (tertiary/aromatic N) is 1. The molecule has 22 heavy (non-hydrogen) atoms. The number of hydrogen-bond donors (Lipinski definition) is 1. The van der Waals surface area contributed by atoms with E-state index in [0.717, 1.165) is 12.2 Å². The first-order chi connectivity index (χ1) is 10.9. The lowest BCUT2D eigenvalue weighted by atomic mass is 10.0. The summed E-state index contributed by atoms with van der Waals surface area (Å²) in [6.45, 7) is 2.29. The van der Waals surface area contributed by atoms with Gasteiger partial charge >= 0.3 is 0 Å². The molecule has 0 spiro atoms. The molecule has 0 fully saturated rings. The molecule has 0 aliphatic heterocycles. The van der Waals surface area contributed by atoms with Crippen LogP contribution in [0.4, 0.5) is 0 Å². The number of imidazole rings is 1. The van der Waals surface area contributed by atoms with E-state index in [0.29, 0.717) is 0 Å². The normalized spacial score (nSPS) is 11.1. The Morgan fingerprint density at radius 2 is 1.14 bits per heavy atom. The summed E-state index contributed by atoms with van der Waals surface area (Å²) in [5.74, 6) is 1.15. The third-order valence-corrected chi connectivity index (χ3v) is 4.57. The third kappa shape index (κ3) is 11.8. The van der Waals surface area contributed by atoms with Gasteiger partial charge in [0.15, 0.2) is 0 Å². The van der Waals surface area contributed by atoms with Crippen LogP contribution in [-0.2, 0) is 6.42 Å². The van der Waals surface area contributed by atoms with E-state index in [2.05, 4.69) is 16.9 Å². The average molecular weight is 307 g/mol. The Morgan fingerprint density at radius 3 is 1.55 bits per heavy atom. The third-order valence-electron chi connectivity index (χ3n) is 4.57. The van der Waals surface area contributed by atoms with Crippen LogP contribution in [0.2, 0.25) is 0 Å². The maximum absolute atomic E-state index is 4.26. The topological polar surface area (TPSA) is 28.7 Å². The Labute approximate surface area is 138 Å². The fourth-order valence-electron chi connectivity index (χ4n) is 3.10. The molecule has 2 nitrogen and oxygen atoms in total. The van der Waals surface area contributed by atoms with Crippen LogP contribution in [0.25, 0.3) is 0 Å². The maximum atomic E-state index is 4.26. The van der Waals surface area contributed by atoms with Crippen LogP contribution in [0.15, 0.2) is 12.4 Å². The monoisotopic (exact) mass is 306 g/mol. The summed E-state index contributed by atoms with van der Waals surface area (Å²) in [6, 6.07) is 0. The number of H-pyrrole nitrogens is 1. The minimum Gasteiger partial charge on any atom is -0.349 e. The van der Waals surface area contributed by atoms with Gasteiger partial charge in [-0.05, 0) is 6.42 Å². The van der Waals surface area contributed by atoms with E-state index in [9.17, 15) is 0 Å². The summed E-state index contributed by atoms with van der Waals surface area (Å²) in [7, 11) is 0. The van der Waals surface area contributed by atoms with Gasteiger partial charge in [-0.2, -0.15) is 0 Å². The van der Waals surface area contributed by atoms with Crippen LogP contribution in [0.5, 0.6) is 0 Å². The first-order valence-electron chi connectivity index (χ1n) is 9.91. The second-order valence-corrected chi connectivity index (χ2v) is 6.74. The Bertz CT molecular complexity index is 306. The molecule has 1 heterocycles. The van der Waals surface area contributed by atoms with E-state index in [1.807, 2.05) is 12.4 Å². The predicted molar refractivity (Wildman–Crippen MR) is 97.2 cm³/mol. The van der Waals surface area contributed by atoms with Crippen LogP contribution >= 0.6 is 0 Å². The van der Waals surface area contributed by atoms with Crippen molar-refractivity contribution in [3.05, 3.63) is 18.2 Å². The quantitative estimate of drug-likeness (QED) is 0.333. The fraction of sp³-hybridized carbons (Fsp3) is 0.850. The molecule has 0 saturated heterocycles. The summed E-state index contributed by atoms with van der Waals surface area (Å²) in [4.78, 5) is 7.44. The second kappa shape index (κ2) is 15.1. The van der Waals surface area contributed by atoms with Crippen molar-refractivity contribution in [1.82, 2.24) is 9.97 Å². The number of hydrogen-bond acceptors (Lipinski definition) is 1. The zero-order chi connectivity index (χ0) is 15.7. The smallest absolute Gasteiger partial charge is 0.105 e. The molecule has 0 aliphatic rings. The van der Waals surface area contributed by atoms with E-state index in [1.165, 1.54) is 96.3 Å². The lowest BCUT2D eigenvalue weighted by Crippen LogP contribution is -1.88. The van der Waals surface area contributed by atoms with E-state index in [-0.39, 0.29) is 0 Å². The minimum atomic E-state index is 1.12. The van der Waals surface area contributed by atoms with Crippen molar-refractivity contribution in [2.45, 2.75) is 110 Å². The molecule has 0 amide bonds. The molecule has 0 aliphatic carbocycles. The molecule has 1 N–H and O–H groups in total. The number of nitrogens with one attached hydrogen (secondary N) is 1. The zero-order valence-corrected chi connectivity index (χ0v) is 14.9. The Balaban J connectivity index is 1.68. The molecule has 1 aromatic rings. The lowest BCUT2D eigenvalue weighted by Gasteiger charge is -2.03. The van der Waals surface area contributed by atoms with Crippen LogP contribution in [0.1, 0.15) is 109 Å². The summed E-state index contributed by atoms with van der Waals surface area (Å²) in [5, 5.41) is 0. The predicted octanol–water partition coefficient (Wildman–Crippen LogP) is 6.82. The lowest BCUT2D eigenvalue weighted by molar-refractivity contribution is 0.531. The highest BCUT2D eigenvalue weighted by Crippen LogP contribution is 2.13. The Kier molecular flexibility index (Phi) is 13.2. The van der Waals surface area contributed by atoms with Crippen LogP contribution in [-0.4, -0.2) is 9.97 Å². The first-order valence-corrected chi connectivity index (χ1v) is 9.91. The van der Waals surface area contributed by atoms with Gasteiger partial charge in [0.05, 0.1) is 0 Å². The van der Waals surface area contributed by atoms with Gasteiger partial charge in [0.25, 0.3) is 0 Å². The molecule has 0 unspecified atom stereocenters. The molecule has 0 radical (unpaired) electrons. The number of rotatable bonds is 16. The van der Waals surface area contributed by atoms with Gasteiger partial charge < -0.3 is 4.98 Å². The SMILES string of the molecule is CCCCCCCCCCCCCCCCCc1ncc[nH]1. The van der Waals surface area contributed by atoms with Crippen molar-refractivity contribution < 1.29 is 0 Å². The molecular weight excluding hydrogens is 268 g/mol. The maximum Gasteiger partial charge on any atom is 0.105 e. The first kappa shape index (κ1) is 19.3. The van der Waals surface area contributed by atoms with E-state index in [1.54, 1.807) is 0 Å². The molecule has 2 heteroatoms. The van der Waals surface area contributed by atoms with Gasteiger partial charge in [0, 0.05) is 18.8 Å². The average Bonchev–Trinajstić information content (AvgIpc) is 3.04. The van der Waals surface area contributed by atoms with Crippen LogP contribution < -0.4 is 0 Å². The number of aryl methyl sites for hydroxylation is 1. The summed E-state index contributed by atoms with van der Waals surface area (Å²) >= 11 is 0. The van der Waals surface area contributed by atoms with Crippen LogP contribution in [0, 0.1) is 0 Å². The summed E-state index contributed by atoms with van der Waals surface area (Å²) < 4.78 is 0. The van der Waals surface area contributed by atoms with E-state index in [4.69, 9.17) is 0 Å². The van der Waals surface area contributed by atoms with E-state index < -0.39 is 0 Å². The molecule has 0 saturated carbocycles. The van der Waals surface area contributed by atoms with Crippen molar-refractivity contribution in [3.8, 4) is 0 Å². The molecule has 0 bridgehead atoms. The highest BCUT2D eigenvalue weighted by Gasteiger charge is 1.96. The zero-order valence-electron chi connectivity index (χ0n) is 14.9. The highest BCUT2D eigenvalue weighted by molar-refractivity contribution is 4.86. The molecule has 0 aromatic carbocycles.